The number of hydrogen-bond donors (Lipinski definition) is 1. The quantitative estimate of drug-likeness (QED) is 0.854. The minimum atomic E-state index is -1.37. The molecule has 4 nitrogen and oxygen atoms in total. The van der Waals surface area contributed by atoms with E-state index in [0.29, 0.717) is 12.0 Å². The van der Waals surface area contributed by atoms with Crippen molar-refractivity contribution < 1.29 is 14.7 Å². The zero-order valence-electron chi connectivity index (χ0n) is 10.8. The number of carbonyl (C=O) groups excluding carboxylic acids is 1. The maximum absolute atomic E-state index is 11.6. The lowest BCUT2D eigenvalue weighted by atomic mass is 9.89. The van der Waals surface area contributed by atoms with Gasteiger partial charge in [-0.1, -0.05) is 36.4 Å². The molecule has 2 rings (SSSR count). The summed E-state index contributed by atoms with van der Waals surface area (Å²) in [5.41, 5.74) is -0.792. The molecule has 1 N–H and O–H groups in total. The highest BCUT2D eigenvalue weighted by molar-refractivity contribution is 5.88. The van der Waals surface area contributed by atoms with Crippen LogP contribution < -0.4 is 0 Å². The maximum atomic E-state index is 11.6. The van der Waals surface area contributed by atoms with Gasteiger partial charge in [-0.05, 0) is 29.3 Å². The van der Waals surface area contributed by atoms with Gasteiger partial charge >= 0.3 is 5.97 Å². The third kappa shape index (κ3) is 2.05. The number of likely N-dealkylation sites (N-methyl/N-ethyl adjacent to an activating group) is 1. The van der Waals surface area contributed by atoms with E-state index in [2.05, 4.69) is 0 Å². The Bertz CT molecular complexity index is 638. The summed E-state index contributed by atoms with van der Waals surface area (Å²) in [6.07, 6.45) is 0.531. The highest BCUT2D eigenvalue weighted by Gasteiger charge is 2.39. The lowest BCUT2D eigenvalue weighted by molar-refractivity contribution is -0.153. The Hall–Kier alpha value is -2.36. The fourth-order valence-electron chi connectivity index (χ4n) is 2.08. The second-order valence-electron chi connectivity index (χ2n) is 4.66. The van der Waals surface area contributed by atoms with E-state index in [1.165, 1.54) is 18.9 Å². The van der Waals surface area contributed by atoms with Crippen LogP contribution in [0.4, 0.5) is 0 Å². The predicted octanol–water partition coefficient (Wildman–Crippen LogP) is 2.23. The molecule has 19 heavy (non-hydrogen) atoms. The average Bonchev–Trinajstić information content (AvgIpc) is 2.44. The molecule has 0 aliphatic carbocycles. The van der Waals surface area contributed by atoms with Gasteiger partial charge in [-0.25, -0.2) is 4.79 Å². The van der Waals surface area contributed by atoms with Crippen molar-refractivity contribution in [1.29, 1.82) is 0 Å². The average molecular weight is 257 g/mol. The SMILES string of the molecule is CN(C=O)C(C)(C(=O)O)c1ccc2ccccc2c1. The smallest absolute Gasteiger partial charge is 0.334 e. The predicted molar refractivity (Wildman–Crippen MR) is 72.8 cm³/mol. The van der Waals surface area contributed by atoms with Crippen LogP contribution in [0.25, 0.3) is 10.8 Å². The van der Waals surface area contributed by atoms with Crippen molar-refractivity contribution in [2.45, 2.75) is 12.5 Å². The highest BCUT2D eigenvalue weighted by Crippen LogP contribution is 2.29. The first-order valence-electron chi connectivity index (χ1n) is 5.91. The summed E-state index contributed by atoms with van der Waals surface area (Å²) in [6.45, 7) is 1.52. The third-order valence-electron chi connectivity index (χ3n) is 3.59. The Labute approximate surface area is 111 Å². The molecule has 1 unspecified atom stereocenters. The van der Waals surface area contributed by atoms with Crippen LogP contribution in [0.5, 0.6) is 0 Å². The van der Waals surface area contributed by atoms with Gasteiger partial charge in [-0.15, -0.1) is 0 Å². The number of hydrogen-bond acceptors (Lipinski definition) is 2. The van der Waals surface area contributed by atoms with E-state index in [9.17, 15) is 14.7 Å². The lowest BCUT2D eigenvalue weighted by Crippen LogP contribution is -2.47. The fraction of sp³-hybridized carbons (Fsp3) is 0.200. The molecule has 0 bridgehead atoms. The molecule has 0 saturated carbocycles. The zero-order chi connectivity index (χ0) is 14.0. The number of nitrogens with zero attached hydrogens (tertiary/aromatic N) is 1. The first kappa shape index (κ1) is 13.1. The fourth-order valence-corrected chi connectivity index (χ4v) is 2.08. The molecule has 0 fully saturated rings. The van der Waals surface area contributed by atoms with Crippen molar-refractivity contribution in [3.8, 4) is 0 Å². The third-order valence-corrected chi connectivity index (χ3v) is 3.59. The first-order valence-corrected chi connectivity index (χ1v) is 5.91. The summed E-state index contributed by atoms with van der Waals surface area (Å²) in [7, 11) is 1.47. The molecule has 2 aromatic carbocycles. The summed E-state index contributed by atoms with van der Waals surface area (Å²) < 4.78 is 0. The lowest BCUT2D eigenvalue weighted by Gasteiger charge is -2.32. The molecule has 0 aromatic heterocycles. The van der Waals surface area contributed by atoms with E-state index in [1.807, 2.05) is 36.4 Å². The molecule has 2 aromatic rings. The first-order chi connectivity index (χ1) is 9.00. The van der Waals surface area contributed by atoms with Crippen molar-refractivity contribution in [3.05, 3.63) is 48.0 Å². The molecule has 0 spiro atoms. The van der Waals surface area contributed by atoms with Crippen LogP contribution in [0.2, 0.25) is 0 Å². The number of carbonyl (C=O) groups is 2. The molecule has 0 aliphatic rings. The second kappa shape index (κ2) is 4.72. The number of benzene rings is 2. The Balaban J connectivity index is 2.63. The highest BCUT2D eigenvalue weighted by atomic mass is 16.4. The Morgan fingerprint density at radius 3 is 2.42 bits per heavy atom. The van der Waals surface area contributed by atoms with Gasteiger partial charge in [0.15, 0.2) is 5.54 Å². The van der Waals surface area contributed by atoms with E-state index in [4.69, 9.17) is 0 Å². The van der Waals surface area contributed by atoms with E-state index >= 15 is 0 Å². The van der Waals surface area contributed by atoms with Crippen LogP contribution in [-0.4, -0.2) is 29.4 Å². The number of carboxylic acid groups (broad SMARTS) is 1. The van der Waals surface area contributed by atoms with E-state index in [0.717, 1.165) is 10.8 Å². The normalized spacial score (nSPS) is 13.8. The molecule has 0 saturated heterocycles. The summed E-state index contributed by atoms with van der Waals surface area (Å²) in [4.78, 5) is 23.7. The number of amides is 1. The molecule has 1 amide bonds. The van der Waals surface area contributed by atoms with Crippen molar-refractivity contribution in [1.82, 2.24) is 4.90 Å². The number of rotatable bonds is 4. The van der Waals surface area contributed by atoms with Gasteiger partial charge in [0.1, 0.15) is 0 Å². The summed E-state index contributed by atoms with van der Waals surface area (Å²) in [6, 6.07) is 13.1. The Kier molecular flexibility index (Phi) is 3.25. The zero-order valence-corrected chi connectivity index (χ0v) is 10.8. The molecule has 0 aliphatic heterocycles. The summed E-state index contributed by atoms with van der Waals surface area (Å²) >= 11 is 0. The number of fused-ring (bicyclic) bond motifs is 1. The van der Waals surface area contributed by atoms with Gasteiger partial charge in [0.25, 0.3) is 0 Å². The molecule has 0 radical (unpaired) electrons. The minimum absolute atomic E-state index is 0.531. The Morgan fingerprint density at radius 1 is 1.21 bits per heavy atom. The van der Waals surface area contributed by atoms with Crippen LogP contribution in [0.15, 0.2) is 42.5 Å². The van der Waals surface area contributed by atoms with Gasteiger partial charge in [0, 0.05) is 7.05 Å². The van der Waals surface area contributed by atoms with E-state index in [1.54, 1.807) is 6.07 Å². The molecule has 98 valence electrons. The standard InChI is InChI=1S/C15H15NO3/c1-15(14(18)19,16(2)10-17)13-8-7-11-5-3-4-6-12(11)9-13/h3-10H,1-2H3,(H,18,19). The van der Waals surface area contributed by atoms with Gasteiger partial charge in [-0.2, -0.15) is 0 Å². The second-order valence-corrected chi connectivity index (χ2v) is 4.66. The molecule has 4 heteroatoms. The van der Waals surface area contributed by atoms with Gasteiger partial charge in [-0.3, -0.25) is 4.79 Å². The summed E-state index contributed by atoms with van der Waals surface area (Å²) in [5, 5.41) is 11.4. The minimum Gasteiger partial charge on any atom is -0.479 e. The van der Waals surface area contributed by atoms with Gasteiger partial charge in [0.2, 0.25) is 6.41 Å². The van der Waals surface area contributed by atoms with Crippen LogP contribution >= 0.6 is 0 Å². The molecular formula is C15H15NO3. The van der Waals surface area contributed by atoms with E-state index in [-0.39, 0.29) is 0 Å². The monoisotopic (exact) mass is 257 g/mol. The molecule has 1 atom stereocenters. The molecule has 0 heterocycles. The van der Waals surface area contributed by atoms with Crippen LogP contribution in [0, 0.1) is 0 Å². The number of aliphatic carboxylic acids is 1. The molecular weight excluding hydrogens is 242 g/mol. The topological polar surface area (TPSA) is 57.6 Å². The van der Waals surface area contributed by atoms with Crippen molar-refractivity contribution in [2.24, 2.45) is 0 Å². The van der Waals surface area contributed by atoms with Gasteiger partial charge < -0.3 is 10.0 Å². The van der Waals surface area contributed by atoms with Crippen LogP contribution in [0.3, 0.4) is 0 Å². The van der Waals surface area contributed by atoms with Crippen LogP contribution in [-0.2, 0) is 15.1 Å². The van der Waals surface area contributed by atoms with Crippen LogP contribution in [0.1, 0.15) is 12.5 Å². The summed E-state index contributed by atoms with van der Waals surface area (Å²) in [5.74, 6) is -1.06. The van der Waals surface area contributed by atoms with E-state index < -0.39 is 11.5 Å². The maximum Gasteiger partial charge on any atom is 0.334 e. The van der Waals surface area contributed by atoms with Crippen molar-refractivity contribution in [2.75, 3.05) is 7.05 Å². The Morgan fingerprint density at radius 2 is 1.84 bits per heavy atom. The van der Waals surface area contributed by atoms with Gasteiger partial charge in [0.05, 0.1) is 0 Å². The van der Waals surface area contributed by atoms with Crippen molar-refractivity contribution in [3.63, 3.8) is 0 Å². The largest absolute Gasteiger partial charge is 0.479 e. The number of carboxylic acids is 1. The van der Waals surface area contributed by atoms with Crippen molar-refractivity contribution >= 4 is 23.2 Å².